The van der Waals surface area contributed by atoms with Crippen molar-refractivity contribution in [2.24, 2.45) is 5.92 Å². The highest BCUT2D eigenvalue weighted by atomic mass is 32.1. The second kappa shape index (κ2) is 6.42. The first-order valence-electron chi connectivity index (χ1n) is 6.89. The van der Waals surface area contributed by atoms with Crippen molar-refractivity contribution in [2.45, 2.75) is 37.5 Å². The quantitative estimate of drug-likeness (QED) is 0.836. The van der Waals surface area contributed by atoms with Crippen molar-refractivity contribution in [1.82, 2.24) is 4.90 Å². The monoisotopic (exact) mass is 281 g/mol. The Bertz CT molecular complexity index is 455. The Morgan fingerprint density at radius 3 is 2.74 bits per heavy atom. The molecule has 1 saturated heterocycles. The predicted octanol–water partition coefficient (Wildman–Crippen LogP) is 3.77. The SMILES string of the molecule is CCCC1CCN(C(=O)c2cc(S)ccc2F)CC1. The summed E-state index contributed by atoms with van der Waals surface area (Å²) < 4.78 is 13.7. The maximum atomic E-state index is 13.7. The van der Waals surface area contributed by atoms with Crippen LogP contribution in [0.1, 0.15) is 43.0 Å². The number of rotatable bonds is 3. The molecule has 104 valence electrons. The molecule has 1 fully saturated rings. The Morgan fingerprint density at radius 1 is 1.42 bits per heavy atom. The summed E-state index contributed by atoms with van der Waals surface area (Å²) in [5.41, 5.74) is 0.140. The van der Waals surface area contributed by atoms with Crippen LogP contribution in [-0.4, -0.2) is 23.9 Å². The molecule has 0 saturated carbocycles. The molecule has 0 spiro atoms. The van der Waals surface area contributed by atoms with Gasteiger partial charge in [-0.3, -0.25) is 4.79 Å². The summed E-state index contributed by atoms with van der Waals surface area (Å²) in [4.78, 5) is 14.7. The Morgan fingerprint density at radius 2 is 2.11 bits per heavy atom. The number of likely N-dealkylation sites (tertiary alicyclic amines) is 1. The Hall–Kier alpha value is -1.03. The van der Waals surface area contributed by atoms with Crippen LogP contribution >= 0.6 is 12.6 Å². The number of hydrogen-bond donors (Lipinski definition) is 1. The lowest BCUT2D eigenvalue weighted by molar-refractivity contribution is 0.0681. The van der Waals surface area contributed by atoms with Gasteiger partial charge in [-0.05, 0) is 37.0 Å². The number of benzene rings is 1. The molecule has 1 heterocycles. The van der Waals surface area contributed by atoms with Crippen LogP contribution in [0.3, 0.4) is 0 Å². The summed E-state index contributed by atoms with van der Waals surface area (Å²) in [5.74, 6) is 0.0527. The van der Waals surface area contributed by atoms with Gasteiger partial charge in [0.1, 0.15) is 5.82 Å². The van der Waals surface area contributed by atoms with E-state index < -0.39 is 5.82 Å². The Labute approximate surface area is 119 Å². The highest BCUT2D eigenvalue weighted by Gasteiger charge is 2.24. The van der Waals surface area contributed by atoms with Crippen molar-refractivity contribution < 1.29 is 9.18 Å². The summed E-state index contributed by atoms with van der Waals surface area (Å²) in [6, 6.07) is 4.38. The number of thiol groups is 1. The summed E-state index contributed by atoms with van der Waals surface area (Å²) in [6.45, 7) is 3.66. The summed E-state index contributed by atoms with van der Waals surface area (Å²) >= 11 is 4.16. The number of piperidine rings is 1. The van der Waals surface area contributed by atoms with E-state index in [4.69, 9.17) is 0 Å². The largest absolute Gasteiger partial charge is 0.339 e. The van der Waals surface area contributed by atoms with Crippen LogP contribution in [0.25, 0.3) is 0 Å². The predicted molar refractivity (Wildman–Crippen MR) is 77.2 cm³/mol. The molecule has 0 bridgehead atoms. The third-order valence-electron chi connectivity index (χ3n) is 3.78. The van der Waals surface area contributed by atoms with Crippen molar-refractivity contribution in [3.05, 3.63) is 29.6 Å². The third kappa shape index (κ3) is 3.50. The molecule has 19 heavy (non-hydrogen) atoms. The normalized spacial score (nSPS) is 16.7. The fourth-order valence-corrected chi connectivity index (χ4v) is 2.88. The number of hydrogen-bond acceptors (Lipinski definition) is 2. The van der Waals surface area contributed by atoms with Gasteiger partial charge in [-0.15, -0.1) is 12.6 Å². The molecule has 0 atom stereocenters. The highest BCUT2D eigenvalue weighted by molar-refractivity contribution is 7.80. The molecule has 2 nitrogen and oxygen atoms in total. The van der Waals surface area contributed by atoms with E-state index in [1.807, 2.05) is 0 Å². The zero-order valence-corrected chi connectivity index (χ0v) is 12.1. The molecule has 0 unspecified atom stereocenters. The molecule has 0 aromatic heterocycles. The van der Waals surface area contributed by atoms with Crippen LogP contribution in [0, 0.1) is 11.7 Å². The molecule has 1 aliphatic heterocycles. The lowest BCUT2D eigenvalue weighted by Gasteiger charge is -2.32. The molecule has 0 N–H and O–H groups in total. The van der Waals surface area contributed by atoms with E-state index in [-0.39, 0.29) is 11.5 Å². The highest BCUT2D eigenvalue weighted by Crippen LogP contribution is 2.24. The number of carbonyl (C=O) groups excluding carboxylic acids is 1. The van der Waals surface area contributed by atoms with Gasteiger partial charge in [0.05, 0.1) is 5.56 Å². The van der Waals surface area contributed by atoms with Crippen molar-refractivity contribution >= 4 is 18.5 Å². The van der Waals surface area contributed by atoms with Gasteiger partial charge in [0.25, 0.3) is 5.91 Å². The number of amides is 1. The first-order valence-corrected chi connectivity index (χ1v) is 7.34. The summed E-state index contributed by atoms with van der Waals surface area (Å²) in [6.07, 6.45) is 4.47. The first-order chi connectivity index (χ1) is 9.11. The van der Waals surface area contributed by atoms with Crippen molar-refractivity contribution in [1.29, 1.82) is 0 Å². The third-order valence-corrected chi connectivity index (χ3v) is 4.06. The lowest BCUT2D eigenvalue weighted by atomic mass is 9.92. The van der Waals surface area contributed by atoms with Crippen molar-refractivity contribution in [3.8, 4) is 0 Å². The topological polar surface area (TPSA) is 20.3 Å². The smallest absolute Gasteiger partial charge is 0.256 e. The van der Waals surface area contributed by atoms with E-state index in [2.05, 4.69) is 19.6 Å². The second-order valence-electron chi connectivity index (χ2n) is 5.19. The van der Waals surface area contributed by atoms with Gasteiger partial charge in [0.15, 0.2) is 0 Å². The molecule has 1 amide bonds. The fourth-order valence-electron chi connectivity index (χ4n) is 2.68. The van der Waals surface area contributed by atoms with Gasteiger partial charge in [-0.1, -0.05) is 19.8 Å². The van der Waals surface area contributed by atoms with Gasteiger partial charge in [0, 0.05) is 18.0 Å². The molecule has 1 aliphatic rings. The molecular weight excluding hydrogens is 261 g/mol. The van der Waals surface area contributed by atoms with Crippen LogP contribution in [-0.2, 0) is 0 Å². The van der Waals surface area contributed by atoms with E-state index >= 15 is 0 Å². The van der Waals surface area contributed by atoms with Gasteiger partial charge in [-0.25, -0.2) is 4.39 Å². The van der Waals surface area contributed by atoms with Crippen molar-refractivity contribution in [2.75, 3.05) is 13.1 Å². The van der Waals surface area contributed by atoms with E-state index in [1.165, 1.54) is 25.0 Å². The molecule has 1 aromatic carbocycles. The number of nitrogens with zero attached hydrogens (tertiary/aromatic N) is 1. The van der Waals surface area contributed by atoms with E-state index in [1.54, 1.807) is 11.0 Å². The maximum Gasteiger partial charge on any atom is 0.256 e. The van der Waals surface area contributed by atoms with E-state index in [9.17, 15) is 9.18 Å². The summed E-state index contributed by atoms with van der Waals surface area (Å²) in [7, 11) is 0. The minimum atomic E-state index is -0.460. The van der Waals surface area contributed by atoms with Crippen LogP contribution in [0.5, 0.6) is 0 Å². The molecule has 4 heteroatoms. The van der Waals surface area contributed by atoms with Gasteiger partial charge < -0.3 is 4.90 Å². The summed E-state index contributed by atoms with van der Waals surface area (Å²) in [5, 5.41) is 0. The maximum absolute atomic E-state index is 13.7. The van der Waals surface area contributed by atoms with Gasteiger partial charge in [-0.2, -0.15) is 0 Å². The van der Waals surface area contributed by atoms with Gasteiger partial charge in [0.2, 0.25) is 0 Å². The first kappa shape index (κ1) is 14.4. The second-order valence-corrected chi connectivity index (χ2v) is 5.70. The fraction of sp³-hybridized carbons (Fsp3) is 0.533. The Balaban J connectivity index is 2.03. The minimum absolute atomic E-state index is 0.140. The van der Waals surface area contributed by atoms with E-state index in [0.717, 1.165) is 31.8 Å². The number of halogens is 1. The van der Waals surface area contributed by atoms with Crippen LogP contribution < -0.4 is 0 Å². The number of carbonyl (C=O) groups is 1. The average molecular weight is 281 g/mol. The van der Waals surface area contributed by atoms with Crippen molar-refractivity contribution in [3.63, 3.8) is 0 Å². The standard InChI is InChI=1S/C15H20FNOS/c1-2-3-11-6-8-17(9-7-11)15(18)13-10-12(19)4-5-14(13)16/h4-5,10-11,19H,2-3,6-9H2,1H3. The minimum Gasteiger partial charge on any atom is -0.339 e. The Kier molecular flexibility index (Phi) is 4.86. The van der Waals surface area contributed by atoms with Crippen LogP contribution in [0.2, 0.25) is 0 Å². The molecule has 0 aliphatic carbocycles. The lowest BCUT2D eigenvalue weighted by Crippen LogP contribution is -2.38. The zero-order valence-electron chi connectivity index (χ0n) is 11.2. The molecular formula is C15H20FNOS. The molecule has 2 rings (SSSR count). The molecule has 1 aromatic rings. The van der Waals surface area contributed by atoms with E-state index in [0.29, 0.717) is 4.90 Å². The molecule has 0 radical (unpaired) electrons. The van der Waals surface area contributed by atoms with Crippen LogP contribution in [0.4, 0.5) is 4.39 Å². The van der Waals surface area contributed by atoms with Gasteiger partial charge >= 0.3 is 0 Å². The average Bonchev–Trinajstić information content (AvgIpc) is 2.42. The van der Waals surface area contributed by atoms with Crippen LogP contribution in [0.15, 0.2) is 23.1 Å². The zero-order chi connectivity index (χ0) is 13.8.